The lowest BCUT2D eigenvalue weighted by Gasteiger charge is -2.40. The molecule has 2 aromatic carbocycles. The smallest absolute Gasteiger partial charge is 0.313 e. The number of likely N-dealkylation sites (tertiary alicyclic amines) is 1. The Labute approximate surface area is 286 Å². The molecule has 0 radical (unpaired) electrons. The highest BCUT2D eigenvalue weighted by molar-refractivity contribution is 9.11. The van der Waals surface area contributed by atoms with Crippen molar-refractivity contribution in [2.75, 3.05) is 24.6 Å². The monoisotopic (exact) mass is 725 g/mol. The van der Waals surface area contributed by atoms with E-state index in [1.807, 2.05) is 38.1 Å². The number of rotatable bonds is 5. The molecule has 7 atom stereocenters. The van der Waals surface area contributed by atoms with Crippen LogP contribution < -0.4 is 10.2 Å². The molecule has 0 aromatic heterocycles. The van der Waals surface area contributed by atoms with E-state index in [9.17, 15) is 24.3 Å². The lowest BCUT2D eigenvalue weighted by molar-refractivity contribution is -0.160. The third-order valence-electron chi connectivity index (χ3n) is 9.50. The van der Waals surface area contributed by atoms with E-state index < -0.39 is 66.1 Å². The first-order chi connectivity index (χ1) is 22.6. The molecule has 4 aliphatic heterocycles. The molecule has 2 aromatic rings. The van der Waals surface area contributed by atoms with Crippen LogP contribution in [0.15, 0.2) is 77.3 Å². The van der Waals surface area contributed by atoms with Gasteiger partial charge in [0.25, 0.3) is 5.91 Å². The summed E-state index contributed by atoms with van der Waals surface area (Å²) in [6, 6.07) is 13.9. The number of cyclic esters (lactones) is 1. The fraction of sp³-hybridized carbons (Fsp3) is 0.429. The topological polar surface area (TPSA) is 125 Å². The Bertz CT molecular complexity index is 1600. The molecule has 248 valence electrons. The van der Waals surface area contributed by atoms with E-state index in [-0.39, 0.29) is 31.3 Å². The Morgan fingerprint density at radius 1 is 1.04 bits per heavy atom. The number of nitrogens with zero attached hydrogens (tertiary/aromatic N) is 2. The second kappa shape index (κ2) is 13.5. The first-order valence-corrected chi connectivity index (χ1v) is 17.0. The zero-order valence-corrected chi connectivity index (χ0v) is 28.4. The van der Waals surface area contributed by atoms with E-state index in [1.54, 1.807) is 48.6 Å². The van der Waals surface area contributed by atoms with Crippen molar-refractivity contribution in [3.8, 4) is 0 Å². The van der Waals surface area contributed by atoms with Crippen molar-refractivity contribution in [1.82, 2.24) is 10.2 Å². The normalized spacial score (nSPS) is 31.0. The number of benzene rings is 2. The van der Waals surface area contributed by atoms with Gasteiger partial charge in [-0.25, -0.2) is 0 Å². The van der Waals surface area contributed by atoms with Crippen LogP contribution in [0.2, 0.25) is 5.02 Å². The summed E-state index contributed by atoms with van der Waals surface area (Å²) in [5, 5.41) is 14.0. The van der Waals surface area contributed by atoms with Crippen LogP contribution in [0.25, 0.3) is 0 Å². The van der Waals surface area contributed by atoms with Gasteiger partial charge in [-0.3, -0.25) is 19.2 Å². The van der Waals surface area contributed by atoms with Gasteiger partial charge in [-0.1, -0.05) is 83.9 Å². The van der Waals surface area contributed by atoms with E-state index in [4.69, 9.17) is 21.1 Å². The molecule has 10 nitrogen and oxygen atoms in total. The van der Waals surface area contributed by atoms with Gasteiger partial charge in [-0.05, 0) is 48.2 Å². The first-order valence-electron chi connectivity index (χ1n) is 15.8. The second-order valence-electron chi connectivity index (χ2n) is 12.6. The maximum atomic E-state index is 15.0. The maximum Gasteiger partial charge on any atom is 0.313 e. The Balaban J connectivity index is 1.49. The van der Waals surface area contributed by atoms with Gasteiger partial charge in [-0.2, -0.15) is 0 Å². The molecule has 1 spiro atoms. The first kappa shape index (κ1) is 33.4. The minimum absolute atomic E-state index is 0.0365. The standard InChI is InChI=1S/C35H37BrClN3O7/c1-20(2)25(19-41)40-31-33(44)39(23-14-12-22(37)13-15-23)16-8-4-7-11-27(42)38-18-26(21-9-5-3-6-10-21)46-34(45)28-29(32(40)43)35(31)17-24(36)30(28)47-35/h3-6,8-10,12-15,17,20,25-26,28-31,41H,7,11,16,18-19H2,1-2H3,(H,38,42)/b8-4-/t25-,26+,28+,29-,30+,31+,35-/m0/s1. The summed E-state index contributed by atoms with van der Waals surface area (Å²) >= 11 is 9.77. The van der Waals surface area contributed by atoms with E-state index >= 15 is 0 Å². The number of hydrogen-bond acceptors (Lipinski definition) is 7. The third kappa shape index (κ3) is 6.03. The number of carbonyl (C=O) groups is 4. The van der Waals surface area contributed by atoms with Crippen LogP contribution in [0.1, 0.15) is 38.4 Å². The SMILES string of the molecule is CC(C)[C@H](CO)N1C(=O)[C@@H]2[C@H]3C(=O)O[C@@H](c4ccccc4)CNC(=O)CC/C=C\CN(c4ccc(Cl)cc4)C(=O)[C@@H]1[C@]21C=C(Br)[C@H]3O1. The number of esters is 1. The summed E-state index contributed by atoms with van der Waals surface area (Å²) in [6.45, 7) is 3.51. The van der Waals surface area contributed by atoms with Crippen molar-refractivity contribution < 1.29 is 33.8 Å². The zero-order valence-electron chi connectivity index (χ0n) is 26.1. The number of fused-ring (bicyclic) bond motifs is 2. The molecule has 47 heavy (non-hydrogen) atoms. The lowest BCUT2D eigenvalue weighted by Crippen LogP contribution is -2.59. The van der Waals surface area contributed by atoms with Crippen molar-refractivity contribution in [1.29, 1.82) is 0 Å². The average Bonchev–Trinajstić information content (AvgIpc) is 3.65. The molecule has 4 heterocycles. The highest BCUT2D eigenvalue weighted by atomic mass is 79.9. The number of ether oxygens (including phenoxy) is 2. The molecule has 5 bridgehead atoms. The molecule has 2 saturated heterocycles. The number of aliphatic hydroxyl groups excluding tert-OH is 1. The van der Waals surface area contributed by atoms with Crippen molar-refractivity contribution in [2.24, 2.45) is 17.8 Å². The van der Waals surface area contributed by atoms with E-state index in [1.165, 1.54) is 9.80 Å². The van der Waals surface area contributed by atoms with Crippen molar-refractivity contribution in [2.45, 2.75) is 56.6 Å². The van der Waals surface area contributed by atoms with Gasteiger partial charge in [-0.15, -0.1) is 0 Å². The van der Waals surface area contributed by atoms with E-state index in [0.29, 0.717) is 27.2 Å². The molecule has 12 heteroatoms. The van der Waals surface area contributed by atoms with Crippen molar-refractivity contribution in [3.63, 3.8) is 0 Å². The number of aliphatic hydroxyl groups is 1. The largest absolute Gasteiger partial charge is 0.455 e. The summed E-state index contributed by atoms with van der Waals surface area (Å²) in [5.41, 5.74) is -0.296. The minimum atomic E-state index is -1.51. The molecule has 2 fully saturated rings. The van der Waals surface area contributed by atoms with Crippen LogP contribution >= 0.6 is 27.5 Å². The van der Waals surface area contributed by atoms with Crippen LogP contribution in [0.5, 0.6) is 0 Å². The summed E-state index contributed by atoms with van der Waals surface area (Å²) in [7, 11) is 0. The maximum absolute atomic E-state index is 15.0. The zero-order chi connectivity index (χ0) is 33.5. The molecule has 6 rings (SSSR count). The summed E-state index contributed by atoms with van der Waals surface area (Å²) < 4.78 is 13.3. The number of halogens is 2. The molecular weight excluding hydrogens is 690 g/mol. The summed E-state index contributed by atoms with van der Waals surface area (Å²) in [5.74, 6) is -4.21. The van der Waals surface area contributed by atoms with Gasteiger partial charge in [0.15, 0.2) is 0 Å². The lowest BCUT2D eigenvalue weighted by atomic mass is 9.74. The Hall–Kier alpha value is -3.51. The number of nitrogens with one attached hydrogen (secondary N) is 1. The molecule has 0 saturated carbocycles. The molecule has 0 unspecified atom stereocenters. The quantitative estimate of drug-likeness (QED) is 0.348. The van der Waals surface area contributed by atoms with Gasteiger partial charge < -0.3 is 29.7 Å². The van der Waals surface area contributed by atoms with E-state index in [2.05, 4.69) is 21.2 Å². The van der Waals surface area contributed by atoms with Gasteiger partial charge >= 0.3 is 5.97 Å². The molecule has 2 N–H and O–H groups in total. The van der Waals surface area contributed by atoms with Gasteiger partial charge in [0.1, 0.15) is 29.8 Å². The minimum Gasteiger partial charge on any atom is -0.455 e. The number of anilines is 1. The van der Waals surface area contributed by atoms with Gasteiger partial charge in [0.05, 0.1) is 25.1 Å². The van der Waals surface area contributed by atoms with Crippen LogP contribution in [0.4, 0.5) is 5.69 Å². The van der Waals surface area contributed by atoms with Crippen molar-refractivity contribution in [3.05, 3.63) is 87.9 Å². The average molecular weight is 727 g/mol. The van der Waals surface area contributed by atoms with Gasteiger partial charge in [0, 0.05) is 28.2 Å². The fourth-order valence-electron chi connectivity index (χ4n) is 7.20. The van der Waals surface area contributed by atoms with Gasteiger partial charge in [0.2, 0.25) is 11.8 Å². The Morgan fingerprint density at radius 3 is 2.45 bits per heavy atom. The van der Waals surface area contributed by atoms with Crippen LogP contribution in [0, 0.1) is 17.8 Å². The molecule has 4 aliphatic rings. The second-order valence-corrected chi connectivity index (χ2v) is 14.0. The summed E-state index contributed by atoms with van der Waals surface area (Å²) in [6.07, 6.45) is 4.28. The number of allylic oxidation sites excluding steroid dienone is 1. The molecule has 0 aliphatic carbocycles. The molecular formula is C35H37BrClN3O7. The number of hydrogen-bond donors (Lipinski definition) is 2. The predicted octanol–water partition coefficient (Wildman–Crippen LogP) is 4.31. The van der Waals surface area contributed by atoms with Crippen LogP contribution in [-0.4, -0.2) is 77.2 Å². The van der Waals surface area contributed by atoms with Crippen molar-refractivity contribution >= 4 is 56.9 Å². The highest BCUT2D eigenvalue weighted by Crippen LogP contribution is 2.59. The molecule has 3 amide bonds. The summed E-state index contributed by atoms with van der Waals surface area (Å²) in [4.78, 5) is 59.6. The van der Waals surface area contributed by atoms with Crippen LogP contribution in [0.3, 0.4) is 0 Å². The van der Waals surface area contributed by atoms with E-state index in [0.717, 1.165) is 0 Å². The Kier molecular flexibility index (Phi) is 9.62. The highest BCUT2D eigenvalue weighted by Gasteiger charge is 2.75. The third-order valence-corrected chi connectivity index (χ3v) is 10.4. The fourth-order valence-corrected chi connectivity index (χ4v) is 8.06. The Morgan fingerprint density at radius 2 is 1.77 bits per heavy atom. The number of amides is 3. The predicted molar refractivity (Wildman–Crippen MR) is 178 cm³/mol. The van der Waals surface area contributed by atoms with Crippen LogP contribution in [-0.2, 0) is 28.7 Å². The number of carbonyl (C=O) groups excluding carboxylic acids is 4.